The molecule has 1 heterocycles. The van der Waals surface area contributed by atoms with Gasteiger partial charge in [-0.2, -0.15) is 0 Å². The SMILES string of the molecule is CCOCCN(C)c1cc(Cl)nc(-c2ccccc2)n1. The van der Waals surface area contributed by atoms with Crippen molar-refractivity contribution in [2.75, 3.05) is 31.7 Å². The number of rotatable bonds is 6. The van der Waals surface area contributed by atoms with Gasteiger partial charge in [0.15, 0.2) is 5.82 Å². The van der Waals surface area contributed by atoms with Crippen LogP contribution in [0, 0.1) is 0 Å². The zero-order valence-electron chi connectivity index (χ0n) is 11.7. The Bertz CT molecular complexity index is 548. The molecule has 5 heteroatoms. The van der Waals surface area contributed by atoms with Crippen LogP contribution < -0.4 is 4.90 Å². The molecule has 106 valence electrons. The predicted molar refractivity (Wildman–Crippen MR) is 82.2 cm³/mol. The van der Waals surface area contributed by atoms with Crippen molar-refractivity contribution in [2.45, 2.75) is 6.92 Å². The maximum absolute atomic E-state index is 6.10. The standard InChI is InChI=1S/C15H18ClN3O/c1-3-20-10-9-19(2)14-11-13(16)17-15(18-14)12-7-5-4-6-8-12/h4-8,11H,3,9-10H2,1-2H3. The second-order valence-electron chi connectivity index (χ2n) is 4.36. The molecule has 0 aliphatic heterocycles. The molecular formula is C15H18ClN3O. The van der Waals surface area contributed by atoms with Gasteiger partial charge >= 0.3 is 0 Å². The summed E-state index contributed by atoms with van der Waals surface area (Å²) in [7, 11) is 1.96. The van der Waals surface area contributed by atoms with E-state index < -0.39 is 0 Å². The van der Waals surface area contributed by atoms with Gasteiger partial charge in [-0.15, -0.1) is 0 Å². The lowest BCUT2D eigenvalue weighted by Crippen LogP contribution is -2.23. The maximum atomic E-state index is 6.10. The van der Waals surface area contributed by atoms with E-state index in [4.69, 9.17) is 16.3 Å². The second-order valence-corrected chi connectivity index (χ2v) is 4.74. The second kappa shape index (κ2) is 7.22. The smallest absolute Gasteiger partial charge is 0.163 e. The van der Waals surface area contributed by atoms with Crippen LogP contribution in [0.5, 0.6) is 0 Å². The molecular weight excluding hydrogens is 274 g/mol. The summed E-state index contributed by atoms with van der Waals surface area (Å²) in [6, 6.07) is 11.6. The molecule has 0 atom stereocenters. The van der Waals surface area contributed by atoms with Gasteiger partial charge in [-0.05, 0) is 6.92 Å². The molecule has 20 heavy (non-hydrogen) atoms. The summed E-state index contributed by atoms with van der Waals surface area (Å²) in [5, 5.41) is 0.442. The highest BCUT2D eigenvalue weighted by atomic mass is 35.5. The van der Waals surface area contributed by atoms with Gasteiger partial charge in [-0.25, -0.2) is 9.97 Å². The molecule has 1 aromatic carbocycles. The van der Waals surface area contributed by atoms with E-state index in [1.165, 1.54) is 0 Å². The highest BCUT2D eigenvalue weighted by Gasteiger charge is 2.09. The number of halogens is 1. The van der Waals surface area contributed by atoms with E-state index in [2.05, 4.69) is 9.97 Å². The largest absolute Gasteiger partial charge is 0.380 e. The third kappa shape index (κ3) is 3.92. The molecule has 0 N–H and O–H groups in total. The summed E-state index contributed by atoms with van der Waals surface area (Å²) in [5.41, 5.74) is 0.953. The van der Waals surface area contributed by atoms with Gasteiger partial charge in [0.1, 0.15) is 11.0 Å². The number of likely N-dealkylation sites (N-methyl/N-ethyl adjacent to an activating group) is 1. The Morgan fingerprint density at radius 1 is 1.20 bits per heavy atom. The van der Waals surface area contributed by atoms with E-state index >= 15 is 0 Å². The van der Waals surface area contributed by atoms with Crippen LogP contribution in [0.25, 0.3) is 11.4 Å². The Morgan fingerprint density at radius 3 is 2.65 bits per heavy atom. The fourth-order valence-corrected chi connectivity index (χ4v) is 1.96. The summed E-state index contributed by atoms with van der Waals surface area (Å²) in [6.07, 6.45) is 0. The van der Waals surface area contributed by atoms with Crippen molar-refractivity contribution in [3.63, 3.8) is 0 Å². The Morgan fingerprint density at radius 2 is 1.95 bits per heavy atom. The Hall–Kier alpha value is -1.65. The molecule has 0 bridgehead atoms. The predicted octanol–water partition coefficient (Wildman–Crippen LogP) is 3.27. The number of hydrogen-bond acceptors (Lipinski definition) is 4. The third-order valence-electron chi connectivity index (χ3n) is 2.88. The Labute approximate surface area is 124 Å². The monoisotopic (exact) mass is 291 g/mol. The first-order valence-electron chi connectivity index (χ1n) is 6.59. The van der Waals surface area contributed by atoms with Gasteiger partial charge in [-0.3, -0.25) is 0 Å². The molecule has 4 nitrogen and oxygen atoms in total. The lowest BCUT2D eigenvalue weighted by atomic mass is 10.2. The average molecular weight is 292 g/mol. The van der Waals surface area contributed by atoms with Crippen LogP contribution in [0.1, 0.15) is 6.92 Å². The van der Waals surface area contributed by atoms with Gasteiger partial charge in [-0.1, -0.05) is 41.9 Å². The maximum Gasteiger partial charge on any atom is 0.163 e. The molecule has 2 aromatic rings. The number of ether oxygens (including phenoxy) is 1. The normalized spacial score (nSPS) is 10.6. The third-order valence-corrected chi connectivity index (χ3v) is 3.07. The quantitative estimate of drug-likeness (QED) is 0.605. The molecule has 0 aliphatic rings. The van der Waals surface area contributed by atoms with Crippen LogP contribution in [0.4, 0.5) is 5.82 Å². The van der Waals surface area contributed by atoms with Crippen LogP contribution in [0.2, 0.25) is 5.15 Å². The fraction of sp³-hybridized carbons (Fsp3) is 0.333. The fourth-order valence-electron chi connectivity index (χ4n) is 1.78. The Kier molecular flexibility index (Phi) is 5.32. The molecule has 0 amide bonds. The molecule has 0 spiro atoms. The summed E-state index contributed by atoms with van der Waals surface area (Å²) >= 11 is 6.10. The molecule has 0 saturated heterocycles. The van der Waals surface area contributed by atoms with E-state index in [0.29, 0.717) is 24.2 Å². The minimum Gasteiger partial charge on any atom is -0.380 e. The van der Waals surface area contributed by atoms with Gasteiger partial charge in [0.05, 0.1) is 6.61 Å². The lowest BCUT2D eigenvalue weighted by Gasteiger charge is -2.18. The molecule has 0 saturated carbocycles. The minimum atomic E-state index is 0.442. The number of hydrogen-bond donors (Lipinski definition) is 0. The van der Waals surface area contributed by atoms with Crippen molar-refractivity contribution in [3.05, 3.63) is 41.6 Å². The van der Waals surface area contributed by atoms with E-state index in [9.17, 15) is 0 Å². The number of nitrogens with zero attached hydrogens (tertiary/aromatic N) is 3. The molecule has 0 fully saturated rings. The van der Waals surface area contributed by atoms with E-state index in [1.54, 1.807) is 6.07 Å². The molecule has 2 rings (SSSR count). The van der Waals surface area contributed by atoms with E-state index in [-0.39, 0.29) is 0 Å². The first-order valence-corrected chi connectivity index (χ1v) is 6.97. The topological polar surface area (TPSA) is 38.2 Å². The van der Waals surface area contributed by atoms with Crippen LogP contribution in [0.3, 0.4) is 0 Å². The van der Waals surface area contributed by atoms with Gasteiger partial charge in [0.25, 0.3) is 0 Å². The molecule has 0 unspecified atom stereocenters. The average Bonchev–Trinajstić information content (AvgIpc) is 2.47. The lowest BCUT2D eigenvalue weighted by molar-refractivity contribution is 0.154. The molecule has 0 radical (unpaired) electrons. The highest BCUT2D eigenvalue weighted by molar-refractivity contribution is 6.29. The summed E-state index contributed by atoms with van der Waals surface area (Å²) < 4.78 is 5.35. The van der Waals surface area contributed by atoms with Crippen LogP contribution >= 0.6 is 11.6 Å². The Balaban J connectivity index is 2.20. The summed E-state index contributed by atoms with van der Waals surface area (Å²) in [6.45, 7) is 4.12. The van der Waals surface area contributed by atoms with Gasteiger partial charge in [0, 0.05) is 31.8 Å². The first-order chi connectivity index (χ1) is 9.70. The van der Waals surface area contributed by atoms with Crippen molar-refractivity contribution >= 4 is 17.4 Å². The van der Waals surface area contributed by atoms with Crippen LogP contribution in [-0.2, 0) is 4.74 Å². The zero-order chi connectivity index (χ0) is 14.4. The van der Waals surface area contributed by atoms with Crippen molar-refractivity contribution < 1.29 is 4.74 Å². The van der Waals surface area contributed by atoms with Gasteiger partial charge in [0.2, 0.25) is 0 Å². The van der Waals surface area contributed by atoms with Crippen molar-refractivity contribution in [3.8, 4) is 11.4 Å². The summed E-state index contributed by atoms with van der Waals surface area (Å²) in [5.74, 6) is 1.43. The zero-order valence-corrected chi connectivity index (χ0v) is 12.5. The van der Waals surface area contributed by atoms with E-state index in [0.717, 1.165) is 17.9 Å². The van der Waals surface area contributed by atoms with Crippen molar-refractivity contribution in [1.29, 1.82) is 0 Å². The van der Waals surface area contributed by atoms with Gasteiger partial charge < -0.3 is 9.64 Å². The molecule has 1 aromatic heterocycles. The van der Waals surface area contributed by atoms with Crippen molar-refractivity contribution in [2.24, 2.45) is 0 Å². The number of anilines is 1. The van der Waals surface area contributed by atoms with Crippen LogP contribution in [-0.4, -0.2) is 36.8 Å². The minimum absolute atomic E-state index is 0.442. The molecule has 0 aliphatic carbocycles. The van der Waals surface area contributed by atoms with Crippen molar-refractivity contribution in [1.82, 2.24) is 9.97 Å². The number of aromatic nitrogens is 2. The highest BCUT2D eigenvalue weighted by Crippen LogP contribution is 2.21. The first kappa shape index (κ1) is 14.8. The number of benzene rings is 1. The van der Waals surface area contributed by atoms with E-state index in [1.807, 2.05) is 49.2 Å². The van der Waals surface area contributed by atoms with Crippen LogP contribution in [0.15, 0.2) is 36.4 Å². The summed E-state index contributed by atoms with van der Waals surface area (Å²) in [4.78, 5) is 10.8.